The lowest BCUT2D eigenvalue weighted by Gasteiger charge is -2.05. The number of amides is 1. The minimum Gasteiger partial charge on any atom is -0.351 e. The van der Waals surface area contributed by atoms with Gasteiger partial charge in [-0.1, -0.05) is 35.4 Å². The summed E-state index contributed by atoms with van der Waals surface area (Å²) in [6.45, 7) is 0.755. The number of carbonyl (C=O) groups excluding carboxylic acids is 1. The predicted octanol–water partition coefficient (Wildman–Crippen LogP) is 2.15. The van der Waals surface area contributed by atoms with E-state index in [4.69, 9.17) is 0 Å². The summed E-state index contributed by atoms with van der Waals surface area (Å²) in [5.74, 6) is -0.0334. The number of hydrogen-bond donors (Lipinski definition) is 1. The average Bonchev–Trinajstić information content (AvgIpc) is 2.69. The highest BCUT2D eigenvalue weighted by molar-refractivity contribution is 14.1. The number of alkyl halides is 1. The van der Waals surface area contributed by atoms with Crippen LogP contribution in [0.2, 0.25) is 0 Å². The lowest BCUT2D eigenvalue weighted by molar-refractivity contribution is 0.0945. The zero-order valence-electron chi connectivity index (χ0n) is 9.58. The van der Waals surface area contributed by atoms with E-state index >= 15 is 0 Å². The molecule has 90 valence electrons. The molecule has 1 N–H and O–H groups in total. The summed E-state index contributed by atoms with van der Waals surface area (Å²) in [5.41, 5.74) is 0.618. The van der Waals surface area contributed by atoms with Crippen molar-refractivity contribution in [1.82, 2.24) is 14.9 Å². The molecule has 1 aromatic heterocycles. The Balaban J connectivity index is 2.14. The fourth-order valence-corrected chi connectivity index (χ4v) is 1.98. The first kappa shape index (κ1) is 13.5. The summed E-state index contributed by atoms with van der Waals surface area (Å²) in [6, 6.07) is 0. The Labute approximate surface area is 110 Å². The third-order valence-corrected chi connectivity index (χ3v) is 3.16. The lowest BCUT2D eigenvalue weighted by Crippen LogP contribution is -2.26. The molecule has 1 aromatic rings. The standard InChI is InChI=1S/C11H18IN3O/c1-15-9-13-8-10(15)11(16)14-7-5-3-2-4-6-12/h8-9H,2-7H2,1H3,(H,14,16). The van der Waals surface area contributed by atoms with Gasteiger partial charge in [0.2, 0.25) is 0 Å². The Kier molecular flexibility index (Phi) is 6.44. The van der Waals surface area contributed by atoms with Crippen molar-refractivity contribution in [3.63, 3.8) is 0 Å². The first-order chi connectivity index (χ1) is 7.75. The van der Waals surface area contributed by atoms with E-state index in [0.29, 0.717) is 5.69 Å². The summed E-state index contributed by atoms with van der Waals surface area (Å²) < 4.78 is 2.95. The molecule has 0 aliphatic carbocycles. The van der Waals surface area contributed by atoms with Gasteiger partial charge in [0.1, 0.15) is 5.69 Å². The van der Waals surface area contributed by atoms with Gasteiger partial charge in [-0.3, -0.25) is 4.79 Å². The highest BCUT2D eigenvalue weighted by Gasteiger charge is 2.07. The van der Waals surface area contributed by atoms with Gasteiger partial charge < -0.3 is 9.88 Å². The molecule has 0 radical (unpaired) electrons. The summed E-state index contributed by atoms with van der Waals surface area (Å²) in [7, 11) is 1.82. The Hall–Kier alpha value is -0.590. The smallest absolute Gasteiger partial charge is 0.269 e. The predicted molar refractivity (Wildman–Crippen MR) is 72.9 cm³/mol. The van der Waals surface area contributed by atoms with Crippen LogP contribution in [0.5, 0.6) is 0 Å². The van der Waals surface area contributed by atoms with Crippen molar-refractivity contribution < 1.29 is 4.79 Å². The van der Waals surface area contributed by atoms with Crippen molar-refractivity contribution in [3.8, 4) is 0 Å². The number of halogens is 1. The number of unbranched alkanes of at least 4 members (excludes halogenated alkanes) is 3. The van der Waals surface area contributed by atoms with E-state index < -0.39 is 0 Å². The van der Waals surface area contributed by atoms with Gasteiger partial charge in [0, 0.05) is 13.6 Å². The maximum Gasteiger partial charge on any atom is 0.269 e. The van der Waals surface area contributed by atoms with Gasteiger partial charge in [-0.25, -0.2) is 4.98 Å². The molecule has 1 heterocycles. The molecular formula is C11H18IN3O. The molecule has 0 saturated carbocycles. The van der Waals surface area contributed by atoms with Crippen LogP contribution in [-0.2, 0) is 7.05 Å². The van der Waals surface area contributed by atoms with Gasteiger partial charge in [-0.15, -0.1) is 0 Å². The van der Waals surface area contributed by atoms with E-state index in [0.717, 1.165) is 13.0 Å². The molecule has 16 heavy (non-hydrogen) atoms. The minimum absolute atomic E-state index is 0.0334. The molecule has 0 atom stereocenters. The van der Waals surface area contributed by atoms with Crippen LogP contribution in [0.25, 0.3) is 0 Å². The zero-order chi connectivity index (χ0) is 11.8. The lowest BCUT2D eigenvalue weighted by atomic mass is 10.2. The fourth-order valence-electron chi connectivity index (χ4n) is 1.44. The maximum atomic E-state index is 11.6. The van der Waals surface area contributed by atoms with Crippen LogP contribution in [0.4, 0.5) is 0 Å². The first-order valence-electron chi connectivity index (χ1n) is 5.56. The maximum absolute atomic E-state index is 11.6. The monoisotopic (exact) mass is 335 g/mol. The second kappa shape index (κ2) is 7.65. The number of aromatic nitrogens is 2. The fraction of sp³-hybridized carbons (Fsp3) is 0.636. The van der Waals surface area contributed by atoms with Crippen molar-refractivity contribution in [3.05, 3.63) is 18.2 Å². The van der Waals surface area contributed by atoms with Crippen LogP contribution in [0, 0.1) is 0 Å². The van der Waals surface area contributed by atoms with Gasteiger partial charge in [0.25, 0.3) is 5.91 Å². The molecule has 0 bridgehead atoms. The van der Waals surface area contributed by atoms with E-state index in [1.165, 1.54) is 23.7 Å². The third kappa shape index (κ3) is 4.51. The quantitative estimate of drug-likeness (QED) is 0.472. The summed E-state index contributed by atoms with van der Waals surface area (Å²) in [5, 5.41) is 2.90. The molecule has 0 unspecified atom stereocenters. The molecular weight excluding hydrogens is 317 g/mol. The van der Waals surface area contributed by atoms with Crippen molar-refractivity contribution in [2.24, 2.45) is 7.05 Å². The van der Waals surface area contributed by atoms with E-state index in [1.54, 1.807) is 17.1 Å². The first-order valence-corrected chi connectivity index (χ1v) is 7.08. The molecule has 1 rings (SSSR count). The topological polar surface area (TPSA) is 46.9 Å². The summed E-state index contributed by atoms with van der Waals surface area (Å²) >= 11 is 2.39. The Morgan fingerprint density at radius 1 is 1.44 bits per heavy atom. The molecule has 0 saturated heterocycles. The molecule has 0 fully saturated rings. The zero-order valence-corrected chi connectivity index (χ0v) is 11.7. The second-order valence-electron chi connectivity index (χ2n) is 3.75. The van der Waals surface area contributed by atoms with E-state index in [2.05, 4.69) is 32.9 Å². The number of hydrogen-bond acceptors (Lipinski definition) is 2. The molecule has 0 aliphatic rings. The van der Waals surface area contributed by atoms with Crippen LogP contribution >= 0.6 is 22.6 Å². The van der Waals surface area contributed by atoms with Gasteiger partial charge >= 0.3 is 0 Å². The van der Waals surface area contributed by atoms with Crippen LogP contribution in [0.1, 0.15) is 36.2 Å². The van der Waals surface area contributed by atoms with Crippen molar-refractivity contribution in [2.75, 3.05) is 11.0 Å². The highest BCUT2D eigenvalue weighted by Crippen LogP contribution is 2.02. The number of aryl methyl sites for hydroxylation is 1. The van der Waals surface area contributed by atoms with Crippen molar-refractivity contribution in [1.29, 1.82) is 0 Å². The molecule has 4 nitrogen and oxygen atoms in total. The van der Waals surface area contributed by atoms with Crippen molar-refractivity contribution >= 4 is 28.5 Å². The van der Waals surface area contributed by atoms with Crippen LogP contribution in [0.3, 0.4) is 0 Å². The van der Waals surface area contributed by atoms with Crippen LogP contribution in [0.15, 0.2) is 12.5 Å². The summed E-state index contributed by atoms with van der Waals surface area (Å²) in [6.07, 6.45) is 8.00. The van der Waals surface area contributed by atoms with Crippen LogP contribution in [-0.4, -0.2) is 26.4 Å². The number of nitrogens with one attached hydrogen (secondary N) is 1. The second-order valence-corrected chi connectivity index (χ2v) is 4.83. The number of imidazole rings is 1. The molecule has 0 aliphatic heterocycles. The van der Waals surface area contributed by atoms with Gasteiger partial charge in [-0.05, 0) is 17.3 Å². The Bertz CT molecular complexity index is 325. The van der Waals surface area contributed by atoms with Crippen LogP contribution < -0.4 is 5.32 Å². The third-order valence-electron chi connectivity index (χ3n) is 2.40. The molecule has 1 amide bonds. The number of nitrogens with zero attached hydrogens (tertiary/aromatic N) is 2. The Morgan fingerprint density at radius 3 is 2.81 bits per heavy atom. The normalized spacial score (nSPS) is 10.4. The van der Waals surface area contributed by atoms with E-state index in [-0.39, 0.29) is 5.91 Å². The van der Waals surface area contributed by atoms with E-state index in [1.807, 2.05) is 7.05 Å². The van der Waals surface area contributed by atoms with Gasteiger partial charge in [0.15, 0.2) is 0 Å². The van der Waals surface area contributed by atoms with Gasteiger partial charge in [0.05, 0.1) is 12.5 Å². The average molecular weight is 335 g/mol. The Morgan fingerprint density at radius 2 is 2.19 bits per heavy atom. The summed E-state index contributed by atoms with van der Waals surface area (Å²) in [4.78, 5) is 15.6. The van der Waals surface area contributed by atoms with Gasteiger partial charge in [-0.2, -0.15) is 0 Å². The SMILES string of the molecule is Cn1cncc1C(=O)NCCCCCCI. The number of carbonyl (C=O) groups is 1. The largest absolute Gasteiger partial charge is 0.351 e. The molecule has 5 heteroatoms. The minimum atomic E-state index is -0.0334. The highest BCUT2D eigenvalue weighted by atomic mass is 127. The van der Waals surface area contributed by atoms with Crippen molar-refractivity contribution in [2.45, 2.75) is 25.7 Å². The number of rotatable bonds is 7. The molecule has 0 aromatic carbocycles. The van der Waals surface area contributed by atoms with E-state index in [9.17, 15) is 4.79 Å². The molecule has 0 spiro atoms.